The molecule has 0 N–H and O–H groups in total. The van der Waals surface area contributed by atoms with E-state index in [1.54, 1.807) is 0 Å². The molecule has 0 radical (unpaired) electrons. The molecule has 0 heterocycles. The number of allylic oxidation sites excluding steroid dienone is 2. The number of halogens is 2. The van der Waals surface area contributed by atoms with Gasteiger partial charge in [-0.3, -0.25) is 0 Å². The minimum atomic E-state index is -0.513. The Hall–Kier alpha value is -1.47. The summed E-state index contributed by atoms with van der Waals surface area (Å²) in [5, 5.41) is 1.47. The summed E-state index contributed by atoms with van der Waals surface area (Å²) in [6.45, 7) is 4.62. The van der Waals surface area contributed by atoms with Gasteiger partial charge in [-0.05, 0) is 53.5 Å². The highest BCUT2D eigenvalue weighted by molar-refractivity contribution is 9.10. The van der Waals surface area contributed by atoms with Crippen LogP contribution in [0.3, 0.4) is 0 Å². The van der Waals surface area contributed by atoms with Crippen LogP contribution in [0.5, 0.6) is 0 Å². The molecule has 2 aliphatic rings. The molecule has 0 saturated heterocycles. The fraction of sp³-hybridized carbons (Fsp3) is 0.154. The molecule has 3 aromatic rings. The molecular formula is C26H21Br2P. The van der Waals surface area contributed by atoms with E-state index in [1.807, 2.05) is 0 Å². The molecule has 0 fully saturated rings. The Balaban J connectivity index is 1.73. The van der Waals surface area contributed by atoms with Gasteiger partial charge in [0.1, 0.15) is 0 Å². The molecule has 2 unspecified atom stereocenters. The topological polar surface area (TPSA) is 0 Å². The predicted octanol–water partition coefficient (Wildman–Crippen LogP) is 8.64. The molecule has 144 valence electrons. The van der Waals surface area contributed by atoms with Crippen LogP contribution in [0.15, 0.2) is 86.8 Å². The number of hydrogen-bond acceptors (Lipinski definition) is 0. The molecule has 0 amide bonds. The van der Waals surface area contributed by atoms with E-state index in [0.717, 1.165) is 0 Å². The molecular weight excluding hydrogens is 503 g/mol. The van der Waals surface area contributed by atoms with Gasteiger partial charge in [0.05, 0.1) is 0 Å². The van der Waals surface area contributed by atoms with Gasteiger partial charge >= 0.3 is 0 Å². The van der Waals surface area contributed by atoms with Gasteiger partial charge in [-0.2, -0.15) is 0 Å². The van der Waals surface area contributed by atoms with Crippen molar-refractivity contribution >= 4 is 57.2 Å². The van der Waals surface area contributed by atoms with Crippen molar-refractivity contribution in [3.63, 3.8) is 0 Å². The van der Waals surface area contributed by atoms with Crippen LogP contribution in [0.1, 0.15) is 47.4 Å². The Kier molecular flexibility index (Phi) is 5.14. The van der Waals surface area contributed by atoms with Gasteiger partial charge in [0.25, 0.3) is 0 Å². The van der Waals surface area contributed by atoms with E-state index in [-0.39, 0.29) is 0 Å². The van der Waals surface area contributed by atoms with E-state index in [0.29, 0.717) is 11.3 Å². The van der Waals surface area contributed by atoms with Gasteiger partial charge in [-0.15, -0.1) is 0 Å². The molecule has 29 heavy (non-hydrogen) atoms. The van der Waals surface area contributed by atoms with Crippen LogP contribution in [-0.4, -0.2) is 0 Å². The summed E-state index contributed by atoms with van der Waals surface area (Å²) >= 11 is 7.57. The van der Waals surface area contributed by atoms with Crippen LogP contribution in [-0.2, 0) is 0 Å². The van der Waals surface area contributed by atoms with E-state index in [1.165, 1.54) is 47.6 Å². The minimum absolute atomic E-state index is 0.429. The fourth-order valence-electron chi connectivity index (χ4n) is 4.78. The van der Waals surface area contributed by atoms with Gasteiger partial charge in [0.2, 0.25) is 0 Å². The zero-order valence-electron chi connectivity index (χ0n) is 16.4. The lowest BCUT2D eigenvalue weighted by Gasteiger charge is -2.34. The Bertz CT molecular complexity index is 1090. The first-order valence-corrected chi connectivity index (χ1v) is 12.9. The van der Waals surface area contributed by atoms with Crippen LogP contribution in [0.4, 0.5) is 0 Å². The summed E-state index contributed by atoms with van der Waals surface area (Å²) in [4.78, 5) is 0. The van der Waals surface area contributed by atoms with Gasteiger partial charge in [0.15, 0.2) is 0 Å². The van der Waals surface area contributed by atoms with Gasteiger partial charge in [-0.25, -0.2) is 0 Å². The first kappa shape index (κ1) is 19.5. The monoisotopic (exact) mass is 522 g/mol. The summed E-state index contributed by atoms with van der Waals surface area (Å²) in [6.07, 6.45) is 4.77. The van der Waals surface area contributed by atoms with Crippen molar-refractivity contribution in [2.45, 2.75) is 25.2 Å². The number of benzene rings is 3. The van der Waals surface area contributed by atoms with Crippen molar-refractivity contribution in [3.05, 3.63) is 109 Å². The van der Waals surface area contributed by atoms with Crippen LogP contribution >= 0.6 is 39.8 Å². The van der Waals surface area contributed by atoms with Gasteiger partial charge in [-0.1, -0.05) is 118 Å². The van der Waals surface area contributed by atoms with Crippen molar-refractivity contribution in [1.29, 1.82) is 0 Å². The molecule has 2 aliphatic carbocycles. The summed E-state index contributed by atoms with van der Waals surface area (Å²) in [6, 6.07) is 24.5. The third-order valence-corrected chi connectivity index (χ3v) is 10.7. The minimum Gasteiger partial charge on any atom is -0.0622 e. The van der Waals surface area contributed by atoms with Crippen LogP contribution < -0.4 is 5.30 Å². The lowest BCUT2D eigenvalue weighted by atomic mass is 10.1. The van der Waals surface area contributed by atoms with Crippen molar-refractivity contribution < 1.29 is 0 Å². The second kappa shape index (κ2) is 7.65. The average molecular weight is 524 g/mol. The molecule has 0 nitrogen and oxygen atoms in total. The Morgan fingerprint density at radius 3 is 1.59 bits per heavy atom. The molecule has 3 heteroatoms. The summed E-state index contributed by atoms with van der Waals surface area (Å²) in [5.74, 6) is 0. The SMILES string of the molecule is CC1=Cc2c(Br)cccc2C1P(c1ccccc1)C1C(C)=Cc2c(Br)cccc21. The zero-order chi connectivity index (χ0) is 20.1. The first-order valence-electron chi connectivity index (χ1n) is 9.83. The highest BCUT2D eigenvalue weighted by Gasteiger charge is 2.40. The van der Waals surface area contributed by atoms with Crippen molar-refractivity contribution in [2.24, 2.45) is 0 Å². The second-order valence-electron chi connectivity index (χ2n) is 7.81. The molecule has 3 aromatic carbocycles. The van der Waals surface area contributed by atoms with Crippen LogP contribution in [0.2, 0.25) is 0 Å². The Morgan fingerprint density at radius 2 is 1.10 bits per heavy atom. The molecule has 5 rings (SSSR count). The molecule has 0 aliphatic heterocycles. The molecule has 0 aromatic heterocycles. The first-order chi connectivity index (χ1) is 14.1. The largest absolute Gasteiger partial charge is 0.0622 e. The smallest absolute Gasteiger partial charge is 0.0306 e. The normalized spacial score (nSPS) is 20.7. The lowest BCUT2D eigenvalue weighted by Crippen LogP contribution is -2.13. The third-order valence-electron chi connectivity index (χ3n) is 5.98. The van der Waals surface area contributed by atoms with E-state index >= 15 is 0 Å². The van der Waals surface area contributed by atoms with Crippen molar-refractivity contribution in [3.8, 4) is 0 Å². The quantitative estimate of drug-likeness (QED) is 0.301. The van der Waals surface area contributed by atoms with E-state index in [4.69, 9.17) is 0 Å². The molecule has 2 atom stereocenters. The van der Waals surface area contributed by atoms with Crippen molar-refractivity contribution in [1.82, 2.24) is 0 Å². The van der Waals surface area contributed by atoms with E-state index < -0.39 is 7.92 Å². The maximum Gasteiger partial charge on any atom is 0.0306 e. The fourth-order valence-corrected chi connectivity index (χ4v) is 9.26. The van der Waals surface area contributed by atoms with Crippen LogP contribution in [0, 0.1) is 0 Å². The van der Waals surface area contributed by atoms with E-state index in [9.17, 15) is 0 Å². The predicted molar refractivity (Wildman–Crippen MR) is 134 cm³/mol. The third kappa shape index (κ3) is 3.21. The molecule has 0 saturated carbocycles. The maximum absolute atomic E-state index is 3.78. The average Bonchev–Trinajstić information content (AvgIpc) is 3.23. The summed E-state index contributed by atoms with van der Waals surface area (Å²) in [5.41, 5.74) is 9.43. The standard InChI is InChI=1S/C26H21Br2P/c1-16-14-21-19(10-6-12-23(21)27)25(16)29(18-8-4-3-5-9-18)26-17(2)15-22-20(26)11-7-13-24(22)28/h3-15,25-26H,1-2H3. The zero-order valence-corrected chi connectivity index (χ0v) is 20.4. The summed E-state index contributed by atoms with van der Waals surface area (Å²) in [7, 11) is -0.513. The lowest BCUT2D eigenvalue weighted by molar-refractivity contribution is 1.06. The van der Waals surface area contributed by atoms with E-state index in [2.05, 4.69) is 125 Å². The Morgan fingerprint density at radius 1 is 0.621 bits per heavy atom. The highest BCUT2D eigenvalue weighted by atomic mass is 79.9. The highest BCUT2D eigenvalue weighted by Crippen LogP contribution is 2.69. The maximum atomic E-state index is 3.78. The number of hydrogen-bond donors (Lipinski definition) is 0. The number of fused-ring (bicyclic) bond motifs is 2. The Labute approximate surface area is 190 Å². The van der Waals surface area contributed by atoms with Crippen molar-refractivity contribution in [2.75, 3.05) is 0 Å². The van der Waals surface area contributed by atoms with Gasteiger partial charge < -0.3 is 0 Å². The summed E-state index contributed by atoms with van der Waals surface area (Å²) < 4.78 is 2.39. The number of rotatable bonds is 3. The van der Waals surface area contributed by atoms with Gasteiger partial charge in [0, 0.05) is 20.3 Å². The van der Waals surface area contributed by atoms with Crippen LogP contribution in [0.25, 0.3) is 12.2 Å². The molecule has 0 bridgehead atoms. The second-order valence-corrected chi connectivity index (χ2v) is 11.9. The molecule has 0 spiro atoms.